The molecule has 2 aromatic rings. The van der Waals surface area contributed by atoms with E-state index in [9.17, 15) is 4.79 Å². The number of allylic oxidation sites excluding steroid dienone is 1. The number of benzene rings is 1. The average Bonchev–Trinajstić information content (AvgIpc) is 3.04. The van der Waals surface area contributed by atoms with E-state index in [-0.39, 0.29) is 5.91 Å². The number of fused-ring (bicyclic) bond motifs is 1. The van der Waals surface area contributed by atoms with Crippen LogP contribution in [0.15, 0.2) is 48.3 Å². The van der Waals surface area contributed by atoms with Crippen molar-refractivity contribution in [2.75, 3.05) is 11.4 Å². The van der Waals surface area contributed by atoms with Gasteiger partial charge in [-0.1, -0.05) is 29.8 Å². The van der Waals surface area contributed by atoms with Gasteiger partial charge in [0.2, 0.25) is 0 Å². The molecule has 0 bridgehead atoms. The van der Waals surface area contributed by atoms with Gasteiger partial charge in [-0.3, -0.25) is 4.79 Å². The molecule has 1 atom stereocenters. The van der Waals surface area contributed by atoms with Gasteiger partial charge in [0.25, 0.3) is 5.91 Å². The van der Waals surface area contributed by atoms with E-state index in [0.717, 1.165) is 18.7 Å². The van der Waals surface area contributed by atoms with Crippen LogP contribution < -0.4 is 10.2 Å². The number of carbonyl (C=O) groups is 1. The number of nitrogens with one attached hydrogen (secondary N) is 1. The second-order valence-electron chi connectivity index (χ2n) is 7.43. The summed E-state index contributed by atoms with van der Waals surface area (Å²) in [6, 6.07) is 10.5. The van der Waals surface area contributed by atoms with E-state index < -0.39 is 0 Å². The minimum atomic E-state index is -0.129. The zero-order valence-electron chi connectivity index (χ0n) is 15.8. The van der Waals surface area contributed by atoms with Gasteiger partial charge < -0.3 is 10.2 Å². The minimum Gasteiger partial charge on any atom is -0.350 e. The van der Waals surface area contributed by atoms with Crippen LogP contribution in [0.3, 0.4) is 0 Å². The van der Waals surface area contributed by atoms with Crippen LogP contribution in [0.2, 0.25) is 0 Å². The molecule has 0 saturated heterocycles. The maximum absolute atomic E-state index is 12.5. The molecule has 0 saturated carbocycles. The summed E-state index contributed by atoms with van der Waals surface area (Å²) in [7, 11) is 0. The van der Waals surface area contributed by atoms with Crippen molar-refractivity contribution in [3.63, 3.8) is 0 Å². The fourth-order valence-electron chi connectivity index (χ4n) is 4.08. The second-order valence-corrected chi connectivity index (χ2v) is 7.43. The number of hydrogen-bond acceptors (Lipinski definition) is 4. The minimum absolute atomic E-state index is 0.129. The highest BCUT2D eigenvalue weighted by Crippen LogP contribution is 2.37. The number of rotatable bonds is 5. The first kappa shape index (κ1) is 17.7. The van der Waals surface area contributed by atoms with Crippen molar-refractivity contribution >= 4 is 17.4 Å². The Kier molecular flexibility index (Phi) is 5.19. The Hall–Kier alpha value is -2.69. The predicted molar refractivity (Wildman–Crippen MR) is 107 cm³/mol. The summed E-state index contributed by atoms with van der Waals surface area (Å²) in [4.78, 5) is 23.4. The zero-order chi connectivity index (χ0) is 18.6. The molecule has 5 nitrogen and oxygen atoms in total. The largest absolute Gasteiger partial charge is 0.350 e. The molecule has 1 unspecified atom stereocenters. The second kappa shape index (κ2) is 7.91. The Labute approximate surface area is 160 Å². The molecule has 0 fully saturated rings. The number of para-hydroxylation sites is 1. The Balaban J connectivity index is 1.44. The highest BCUT2D eigenvalue weighted by Gasteiger charge is 2.28. The van der Waals surface area contributed by atoms with Crippen LogP contribution in [0.25, 0.3) is 0 Å². The summed E-state index contributed by atoms with van der Waals surface area (Å²) in [6.07, 6.45) is 10.6. The van der Waals surface area contributed by atoms with Gasteiger partial charge in [0.15, 0.2) is 0 Å². The van der Waals surface area contributed by atoms with E-state index in [1.165, 1.54) is 48.8 Å². The summed E-state index contributed by atoms with van der Waals surface area (Å²) in [5, 5.41) is 3.01. The molecule has 1 N–H and O–H groups in total. The third kappa shape index (κ3) is 3.87. The van der Waals surface area contributed by atoms with Crippen LogP contribution >= 0.6 is 0 Å². The lowest BCUT2D eigenvalue weighted by atomic mass is 9.97. The first-order chi connectivity index (χ1) is 13.2. The number of amides is 1. The quantitative estimate of drug-likeness (QED) is 0.811. The summed E-state index contributed by atoms with van der Waals surface area (Å²) in [5.41, 5.74) is 4.37. The molecule has 140 valence electrons. The summed E-state index contributed by atoms with van der Waals surface area (Å²) in [5.74, 6) is 0.651. The Morgan fingerprint density at radius 3 is 3.00 bits per heavy atom. The number of aromatic nitrogens is 2. The van der Waals surface area contributed by atoms with E-state index in [1.54, 1.807) is 6.07 Å². The Bertz CT molecular complexity index is 861. The molecule has 27 heavy (non-hydrogen) atoms. The van der Waals surface area contributed by atoms with Crippen molar-refractivity contribution in [3.8, 4) is 0 Å². The van der Waals surface area contributed by atoms with E-state index in [4.69, 9.17) is 0 Å². The van der Waals surface area contributed by atoms with Crippen LogP contribution in [0, 0.1) is 0 Å². The summed E-state index contributed by atoms with van der Waals surface area (Å²) < 4.78 is 0. The number of carbonyl (C=O) groups excluding carboxylic acids is 1. The fraction of sp³-hybridized carbons (Fsp3) is 0.409. The standard InChI is InChI=1S/C22H26N4O/c1-16-13-18-9-5-6-10-20(18)26(16)21-14-19(24-15-25-21)22(27)23-12-11-17-7-3-2-4-8-17/h5-7,9-10,14-16H,2-4,8,11-13H2,1H3,(H,23,27). The van der Waals surface area contributed by atoms with Crippen LogP contribution in [0.4, 0.5) is 11.5 Å². The van der Waals surface area contributed by atoms with Gasteiger partial charge in [-0.25, -0.2) is 9.97 Å². The van der Waals surface area contributed by atoms with Crippen molar-refractivity contribution in [3.05, 3.63) is 59.6 Å². The van der Waals surface area contributed by atoms with Gasteiger partial charge in [0.05, 0.1) is 0 Å². The van der Waals surface area contributed by atoms with E-state index in [1.807, 2.05) is 6.07 Å². The number of hydrogen-bond donors (Lipinski definition) is 1. The fourth-order valence-corrected chi connectivity index (χ4v) is 4.08. The normalized spacial score (nSPS) is 18.8. The molecule has 0 radical (unpaired) electrons. The van der Waals surface area contributed by atoms with Gasteiger partial charge in [-0.15, -0.1) is 0 Å². The highest BCUT2D eigenvalue weighted by atomic mass is 16.1. The molecule has 1 aromatic carbocycles. The van der Waals surface area contributed by atoms with Crippen molar-refractivity contribution in [2.24, 2.45) is 0 Å². The SMILES string of the molecule is CC1Cc2ccccc2N1c1cc(C(=O)NCCC2=CCCCC2)ncn1. The van der Waals surface area contributed by atoms with Gasteiger partial charge in [-0.05, 0) is 57.1 Å². The van der Waals surface area contributed by atoms with Gasteiger partial charge in [0, 0.05) is 24.3 Å². The van der Waals surface area contributed by atoms with Crippen LogP contribution in [0.1, 0.15) is 55.1 Å². The predicted octanol–water partition coefficient (Wildman–Crippen LogP) is 4.18. The molecular weight excluding hydrogens is 336 g/mol. The third-order valence-corrected chi connectivity index (χ3v) is 5.46. The first-order valence-electron chi connectivity index (χ1n) is 9.87. The van der Waals surface area contributed by atoms with Crippen molar-refractivity contribution in [1.29, 1.82) is 0 Å². The maximum Gasteiger partial charge on any atom is 0.270 e. The lowest BCUT2D eigenvalue weighted by molar-refractivity contribution is 0.0949. The van der Waals surface area contributed by atoms with Gasteiger partial charge in [-0.2, -0.15) is 0 Å². The molecule has 2 heterocycles. The molecule has 4 rings (SSSR count). The Morgan fingerprint density at radius 1 is 1.26 bits per heavy atom. The molecule has 0 spiro atoms. The molecule has 1 amide bonds. The number of anilines is 2. The monoisotopic (exact) mass is 362 g/mol. The van der Waals surface area contributed by atoms with Crippen molar-refractivity contribution < 1.29 is 4.79 Å². The molecule has 5 heteroatoms. The Morgan fingerprint density at radius 2 is 2.15 bits per heavy atom. The van der Waals surface area contributed by atoms with Crippen molar-refractivity contribution in [1.82, 2.24) is 15.3 Å². The van der Waals surface area contributed by atoms with E-state index in [2.05, 4.69) is 51.4 Å². The molecule has 1 aliphatic carbocycles. The topological polar surface area (TPSA) is 58.1 Å². The molecule has 1 aliphatic heterocycles. The van der Waals surface area contributed by atoms with Crippen LogP contribution in [0.5, 0.6) is 0 Å². The maximum atomic E-state index is 12.5. The molecular formula is C22H26N4O. The summed E-state index contributed by atoms with van der Waals surface area (Å²) >= 11 is 0. The lowest BCUT2D eigenvalue weighted by Crippen LogP contribution is -2.28. The average molecular weight is 362 g/mol. The van der Waals surface area contributed by atoms with Crippen LogP contribution in [-0.4, -0.2) is 28.5 Å². The molecule has 1 aromatic heterocycles. The number of nitrogens with zero attached hydrogens (tertiary/aromatic N) is 3. The highest BCUT2D eigenvalue weighted by molar-refractivity contribution is 5.93. The first-order valence-corrected chi connectivity index (χ1v) is 9.87. The smallest absolute Gasteiger partial charge is 0.270 e. The van der Waals surface area contributed by atoms with Crippen LogP contribution in [-0.2, 0) is 6.42 Å². The van der Waals surface area contributed by atoms with Gasteiger partial charge in [0.1, 0.15) is 17.8 Å². The summed E-state index contributed by atoms with van der Waals surface area (Å²) in [6.45, 7) is 2.84. The zero-order valence-corrected chi connectivity index (χ0v) is 15.8. The van der Waals surface area contributed by atoms with E-state index in [0.29, 0.717) is 18.3 Å². The van der Waals surface area contributed by atoms with E-state index >= 15 is 0 Å². The molecule has 2 aliphatic rings. The third-order valence-electron chi connectivity index (χ3n) is 5.46. The van der Waals surface area contributed by atoms with Crippen molar-refractivity contribution in [2.45, 2.75) is 51.5 Å². The lowest BCUT2D eigenvalue weighted by Gasteiger charge is -2.23. The van der Waals surface area contributed by atoms with Gasteiger partial charge >= 0.3 is 0 Å².